The molecular weight excluding hydrogens is 392 g/mol. The number of urea groups is 1. The summed E-state index contributed by atoms with van der Waals surface area (Å²) in [6.07, 6.45) is 2.04. The number of aromatic nitrogens is 2. The van der Waals surface area contributed by atoms with Crippen LogP contribution in [0.2, 0.25) is 0 Å². The summed E-state index contributed by atoms with van der Waals surface area (Å²) in [5, 5.41) is 5.72. The largest absolute Gasteiger partial charge is 0.329 e. The van der Waals surface area contributed by atoms with Gasteiger partial charge in [-0.15, -0.1) is 0 Å². The minimum Gasteiger partial charge on any atom is -0.303 e. The predicted molar refractivity (Wildman–Crippen MR) is 119 cm³/mol. The number of H-pyrrole nitrogens is 1. The lowest BCUT2D eigenvalue weighted by Crippen LogP contribution is -2.30. The molecule has 1 fully saturated rings. The van der Waals surface area contributed by atoms with Crippen molar-refractivity contribution < 1.29 is 9.59 Å². The van der Waals surface area contributed by atoms with Crippen LogP contribution in [-0.2, 0) is 17.8 Å². The highest BCUT2D eigenvalue weighted by molar-refractivity contribution is 6.13. The van der Waals surface area contributed by atoms with E-state index < -0.39 is 11.9 Å². The number of carbonyl (C=O) groups excluding carboxylic acids is 2. The normalized spacial score (nSPS) is 15.1. The van der Waals surface area contributed by atoms with E-state index in [9.17, 15) is 14.4 Å². The van der Waals surface area contributed by atoms with Gasteiger partial charge in [0.2, 0.25) is 0 Å². The lowest BCUT2D eigenvalue weighted by Gasteiger charge is -2.11. The number of rotatable bonds is 5. The number of nitrogens with zero attached hydrogens (tertiary/aromatic N) is 2. The Kier molecular flexibility index (Phi) is 5.33. The Morgan fingerprint density at radius 2 is 1.52 bits per heavy atom. The van der Waals surface area contributed by atoms with Gasteiger partial charge in [-0.3, -0.25) is 19.6 Å². The zero-order valence-corrected chi connectivity index (χ0v) is 17.7. The molecule has 2 heterocycles. The highest BCUT2D eigenvalue weighted by Gasteiger charge is 2.34. The first-order valence-corrected chi connectivity index (χ1v) is 10.2. The van der Waals surface area contributed by atoms with E-state index in [0.29, 0.717) is 23.4 Å². The van der Waals surface area contributed by atoms with E-state index in [4.69, 9.17) is 0 Å². The molecular formula is C24H24N4O3. The van der Waals surface area contributed by atoms with Gasteiger partial charge in [0.15, 0.2) is 0 Å². The molecule has 0 aliphatic carbocycles. The van der Waals surface area contributed by atoms with Crippen LogP contribution in [0.25, 0.3) is 11.8 Å². The van der Waals surface area contributed by atoms with Gasteiger partial charge in [-0.05, 0) is 44.0 Å². The van der Waals surface area contributed by atoms with E-state index in [-0.39, 0.29) is 17.8 Å². The molecule has 0 atom stereocenters. The van der Waals surface area contributed by atoms with Crippen molar-refractivity contribution in [2.75, 3.05) is 0 Å². The van der Waals surface area contributed by atoms with Gasteiger partial charge in [0.25, 0.3) is 11.5 Å². The van der Waals surface area contributed by atoms with Gasteiger partial charge >= 0.3 is 6.03 Å². The molecule has 1 aliphatic rings. The van der Waals surface area contributed by atoms with Crippen LogP contribution >= 0.6 is 0 Å². The Labute approximate surface area is 180 Å². The summed E-state index contributed by atoms with van der Waals surface area (Å²) in [5.74, 6) is -0.449. The molecule has 0 spiro atoms. The SMILES string of the molecule is CCc1[nH]n(-c2ccc(C)cc2)c(=O)c1/C=C1\NC(=O)N(Cc2ccc(C)cc2)C1=O. The molecule has 7 heteroatoms. The smallest absolute Gasteiger partial charge is 0.303 e. The van der Waals surface area contributed by atoms with E-state index in [1.165, 1.54) is 10.8 Å². The number of nitrogens with one attached hydrogen (secondary N) is 2. The fourth-order valence-electron chi connectivity index (χ4n) is 3.53. The molecule has 0 saturated carbocycles. The third kappa shape index (κ3) is 3.94. The number of carbonyl (C=O) groups is 2. The standard InChI is InChI=1S/C24H24N4O3/c1-4-20-19(22(29)28(26-20)18-11-7-16(3)8-12-18)13-21-23(30)27(24(31)25-21)14-17-9-5-15(2)6-10-17/h5-13,26H,4,14H2,1-3H3,(H,25,31)/b21-13-. The molecule has 0 radical (unpaired) electrons. The quantitative estimate of drug-likeness (QED) is 0.493. The predicted octanol–water partition coefficient (Wildman–Crippen LogP) is 3.44. The summed E-state index contributed by atoms with van der Waals surface area (Å²) in [6.45, 7) is 6.05. The van der Waals surface area contributed by atoms with Crippen LogP contribution in [0.1, 0.15) is 34.9 Å². The van der Waals surface area contributed by atoms with Gasteiger partial charge in [0.1, 0.15) is 5.70 Å². The van der Waals surface area contributed by atoms with Crippen LogP contribution in [0, 0.1) is 13.8 Å². The number of hydrogen-bond donors (Lipinski definition) is 2. The van der Waals surface area contributed by atoms with Crippen LogP contribution in [0.5, 0.6) is 0 Å². The minimum atomic E-state index is -0.496. The number of amides is 3. The highest BCUT2D eigenvalue weighted by Crippen LogP contribution is 2.18. The van der Waals surface area contributed by atoms with Crippen molar-refractivity contribution in [3.8, 4) is 5.69 Å². The van der Waals surface area contributed by atoms with Gasteiger partial charge in [0.05, 0.1) is 17.8 Å². The number of benzene rings is 2. The molecule has 0 unspecified atom stereocenters. The van der Waals surface area contributed by atoms with Gasteiger partial charge in [-0.2, -0.15) is 0 Å². The van der Waals surface area contributed by atoms with Crippen molar-refractivity contribution in [3.63, 3.8) is 0 Å². The molecule has 1 aromatic heterocycles. The second-order valence-electron chi connectivity index (χ2n) is 7.70. The number of aromatic amines is 1. The van der Waals surface area contributed by atoms with Crippen LogP contribution in [0.15, 0.2) is 59.0 Å². The maximum atomic E-state index is 13.1. The van der Waals surface area contributed by atoms with Crippen molar-refractivity contribution in [2.45, 2.75) is 33.7 Å². The second kappa shape index (κ2) is 8.10. The molecule has 1 aliphatic heterocycles. The Morgan fingerprint density at radius 1 is 0.903 bits per heavy atom. The second-order valence-corrected chi connectivity index (χ2v) is 7.70. The third-order valence-corrected chi connectivity index (χ3v) is 5.36. The van der Waals surface area contributed by atoms with E-state index in [1.54, 1.807) is 0 Å². The van der Waals surface area contributed by atoms with E-state index in [0.717, 1.165) is 21.6 Å². The van der Waals surface area contributed by atoms with Gasteiger partial charge in [0, 0.05) is 5.69 Å². The molecule has 0 bridgehead atoms. The number of imide groups is 1. The number of hydrogen-bond acceptors (Lipinski definition) is 3. The monoisotopic (exact) mass is 416 g/mol. The molecule has 7 nitrogen and oxygen atoms in total. The van der Waals surface area contributed by atoms with Crippen LogP contribution in [0.4, 0.5) is 4.79 Å². The van der Waals surface area contributed by atoms with Gasteiger partial charge in [-0.25, -0.2) is 9.48 Å². The van der Waals surface area contributed by atoms with Crippen molar-refractivity contribution in [2.24, 2.45) is 0 Å². The fourth-order valence-corrected chi connectivity index (χ4v) is 3.53. The first kappa shape index (κ1) is 20.4. The van der Waals surface area contributed by atoms with Crippen LogP contribution < -0.4 is 10.9 Å². The Balaban J connectivity index is 1.66. The zero-order valence-electron chi connectivity index (χ0n) is 17.7. The molecule has 158 valence electrons. The maximum Gasteiger partial charge on any atom is 0.329 e. The maximum absolute atomic E-state index is 13.1. The highest BCUT2D eigenvalue weighted by atomic mass is 16.2. The Morgan fingerprint density at radius 3 is 2.13 bits per heavy atom. The van der Waals surface area contributed by atoms with E-state index in [1.807, 2.05) is 69.3 Å². The molecule has 2 N–H and O–H groups in total. The van der Waals surface area contributed by atoms with Crippen molar-refractivity contribution >= 4 is 18.0 Å². The molecule has 1 saturated heterocycles. The minimum absolute atomic E-state index is 0.0963. The summed E-state index contributed by atoms with van der Waals surface area (Å²) in [4.78, 5) is 39.5. The lowest BCUT2D eigenvalue weighted by molar-refractivity contribution is -0.123. The molecule has 2 aromatic carbocycles. The fraction of sp³-hybridized carbons (Fsp3) is 0.208. The van der Waals surface area contributed by atoms with Crippen LogP contribution in [0.3, 0.4) is 0 Å². The first-order valence-electron chi connectivity index (χ1n) is 10.2. The number of aryl methyl sites for hydroxylation is 3. The average Bonchev–Trinajstić information content (AvgIpc) is 3.21. The average molecular weight is 416 g/mol. The van der Waals surface area contributed by atoms with E-state index >= 15 is 0 Å². The van der Waals surface area contributed by atoms with Crippen molar-refractivity contribution in [1.29, 1.82) is 0 Å². The summed E-state index contributed by atoms with van der Waals surface area (Å²) in [6, 6.07) is 14.7. The Bertz CT molecular complexity index is 1230. The summed E-state index contributed by atoms with van der Waals surface area (Å²) < 4.78 is 1.45. The van der Waals surface area contributed by atoms with Crippen molar-refractivity contribution in [3.05, 3.63) is 92.5 Å². The van der Waals surface area contributed by atoms with Crippen molar-refractivity contribution in [1.82, 2.24) is 20.0 Å². The van der Waals surface area contributed by atoms with E-state index in [2.05, 4.69) is 10.4 Å². The first-order chi connectivity index (χ1) is 14.9. The Hall–Kier alpha value is -3.87. The molecule has 3 aromatic rings. The summed E-state index contributed by atoms with van der Waals surface area (Å²) in [5.41, 5.74) is 4.64. The molecule has 31 heavy (non-hydrogen) atoms. The van der Waals surface area contributed by atoms with Gasteiger partial charge in [-0.1, -0.05) is 54.4 Å². The zero-order chi connectivity index (χ0) is 22.1. The summed E-state index contributed by atoms with van der Waals surface area (Å²) in [7, 11) is 0. The topological polar surface area (TPSA) is 87.2 Å². The molecule has 4 rings (SSSR count). The lowest BCUT2D eigenvalue weighted by atomic mass is 10.1. The third-order valence-electron chi connectivity index (χ3n) is 5.36. The summed E-state index contributed by atoms with van der Waals surface area (Å²) >= 11 is 0. The van der Waals surface area contributed by atoms with Gasteiger partial charge < -0.3 is 5.32 Å². The molecule has 3 amide bonds. The van der Waals surface area contributed by atoms with Crippen LogP contribution in [-0.4, -0.2) is 26.6 Å².